The van der Waals surface area contributed by atoms with E-state index in [4.69, 9.17) is 9.84 Å². The SMILES string of the molecule is CCc1ccc(OCC(=O)O)c(C(=O)c2cnn(-c3ccccc3Br)c2)c1. The van der Waals surface area contributed by atoms with E-state index in [1.807, 2.05) is 37.3 Å². The van der Waals surface area contributed by atoms with Gasteiger partial charge in [0.05, 0.1) is 23.0 Å². The van der Waals surface area contributed by atoms with Gasteiger partial charge in [-0.25, -0.2) is 9.48 Å². The number of hydrogen-bond donors (Lipinski definition) is 1. The third-order valence-corrected chi connectivity index (χ3v) is 4.66. The Morgan fingerprint density at radius 3 is 2.70 bits per heavy atom. The van der Waals surface area contributed by atoms with E-state index in [1.165, 1.54) is 6.20 Å². The van der Waals surface area contributed by atoms with Gasteiger partial charge in [0.25, 0.3) is 0 Å². The maximum atomic E-state index is 13.0. The number of ketones is 1. The van der Waals surface area contributed by atoms with Gasteiger partial charge in [-0.15, -0.1) is 0 Å². The lowest BCUT2D eigenvalue weighted by Crippen LogP contribution is -2.12. The number of ether oxygens (including phenoxy) is 1. The predicted molar refractivity (Wildman–Crippen MR) is 104 cm³/mol. The van der Waals surface area contributed by atoms with Crippen LogP contribution in [-0.4, -0.2) is 33.2 Å². The van der Waals surface area contributed by atoms with E-state index < -0.39 is 12.6 Å². The second kappa shape index (κ2) is 8.18. The lowest BCUT2D eigenvalue weighted by Gasteiger charge is -2.10. The first-order valence-electron chi connectivity index (χ1n) is 8.31. The van der Waals surface area contributed by atoms with Gasteiger partial charge in [-0.3, -0.25) is 4.79 Å². The minimum Gasteiger partial charge on any atom is -0.481 e. The molecule has 2 aromatic carbocycles. The highest BCUT2D eigenvalue weighted by Gasteiger charge is 2.18. The minimum atomic E-state index is -1.10. The molecule has 0 saturated carbocycles. The fourth-order valence-electron chi connectivity index (χ4n) is 2.60. The van der Waals surface area contributed by atoms with Crippen molar-refractivity contribution < 1.29 is 19.4 Å². The molecule has 1 N–H and O–H groups in total. The fraction of sp³-hybridized carbons (Fsp3) is 0.150. The number of carbonyl (C=O) groups excluding carboxylic acids is 1. The van der Waals surface area contributed by atoms with Crippen molar-refractivity contribution in [3.8, 4) is 11.4 Å². The molecule has 0 aliphatic rings. The van der Waals surface area contributed by atoms with E-state index in [-0.39, 0.29) is 11.5 Å². The van der Waals surface area contributed by atoms with Gasteiger partial charge in [0, 0.05) is 10.7 Å². The first kappa shape index (κ1) is 18.8. The average Bonchev–Trinajstić information content (AvgIpc) is 3.16. The number of aromatic nitrogens is 2. The molecule has 1 heterocycles. The number of aliphatic carboxylic acids is 1. The summed E-state index contributed by atoms with van der Waals surface area (Å²) in [7, 11) is 0. The molecule has 0 bridgehead atoms. The molecule has 138 valence electrons. The van der Waals surface area contributed by atoms with Gasteiger partial charge in [0.2, 0.25) is 0 Å². The molecule has 0 unspecified atom stereocenters. The second-order valence-electron chi connectivity index (χ2n) is 5.82. The summed E-state index contributed by atoms with van der Waals surface area (Å²) >= 11 is 3.47. The molecule has 0 saturated heterocycles. The van der Waals surface area contributed by atoms with Gasteiger partial charge in [-0.2, -0.15) is 5.10 Å². The molecular weight excluding hydrogens is 412 g/mol. The molecule has 1 aromatic heterocycles. The van der Waals surface area contributed by atoms with Crippen LogP contribution in [-0.2, 0) is 11.2 Å². The van der Waals surface area contributed by atoms with E-state index in [9.17, 15) is 9.59 Å². The van der Waals surface area contributed by atoms with Crippen molar-refractivity contribution in [3.63, 3.8) is 0 Å². The molecule has 3 aromatic rings. The number of halogens is 1. The lowest BCUT2D eigenvalue weighted by molar-refractivity contribution is -0.139. The van der Waals surface area contributed by atoms with Crippen LogP contribution in [0.2, 0.25) is 0 Å². The first-order chi connectivity index (χ1) is 13.0. The topological polar surface area (TPSA) is 81.4 Å². The normalized spacial score (nSPS) is 10.6. The molecule has 6 nitrogen and oxygen atoms in total. The van der Waals surface area contributed by atoms with Crippen LogP contribution in [0.15, 0.2) is 59.3 Å². The van der Waals surface area contributed by atoms with Crippen molar-refractivity contribution in [1.29, 1.82) is 0 Å². The number of nitrogens with zero attached hydrogens (tertiary/aromatic N) is 2. The summed E-state index contributed by atoms with van der Waals surface area (Å²) in [6, 6.07) is 12.7. The standard InChI is InChI=1S/C20H17BrN2O4/c1-2-13-7-8-18(27-12-19(24)25)15(9-13)20(26)14-10-22-23(11-14)17-6-4-3-5-16(17)21/h3-11H,2,12H2,1H3,(H,24,25). The van der Waals surface area contributed by atoms with Crippen LogP contribution in [0.4, 0.5) is 0 Å². The number of hydrogen-bond acceptors (Lipinski definition) is 4. The monoisotopic (exact) mass is 428 g/mol. The Morgan fingerprint density at radius 2 is 2.00 bits per heavy atom. The minimum absolute atomic E-state index is 0.244. The van der Waals surface area contributed by atoms with Gasteiger partial charge in [-0.05, 0) is 52.2 Å². The number of benzene rings is 2. The number of carboxylic acid groups (broad SMARTS) is 1. The van der Waals surface area contributed by atoms with Crippen LogP contribution >= 0.6 is 15.9 Å². The Labute approximate surface area is 164 Å². The Kier molecular flexibility index (Phi) is 5.71. The highest BCUT2D eigenvalue weighted by atomic mass is 79.9. The number of rotatable bonds is 7. The molecule has 0 amide bonds. The summed E-state index contributed by atoms with van der Waals surface area (Å²) in [4.78, 5) is 23.8. The Balaban J connectivity index is 1.96. The molecule has 3 rings (SSSR count). The molecule has 7 heteroatoms. The van der Waals surface area contributed by atoms with E-state index in [0.29, 0.717) is 11.1 Å². The smallest absolute Gasteiger partial charge is 0.341 e. The van der Waals surface area contributed by atoms with Crippen molar-refractivity contribution >= 4 is 27.7 Å². The molecular formula is C20H17BrN2O4. The molecule has 0 aliphatic heterocycles. The van der Waals surface area contributed by atoms with Gasteiger partial charge in [0.15, 0.2) is 12.4 Å². The zero-order valence-electron chi connectivity index (χ0n) is 14.6. The van der Waals surface area contributed by atoms with E-state index >= 15 is 0 Å². The second-order valence-corrected chi connectivity index (χ2v) is 6.67. The highest BCUT2D eigenvalue weighted by molar-refractivity contribution is 9.10. The zero-order valence-corrected chi connectivity index (χ0v) is 16.1. The van der Waals surface area contributed by atoms with Gasteiger partial charge in [0.1, 0.15) is 5.75 Å². The highest BCUT2D eigenvalue weighted by Crippen LogP contribution is 2.25. The van der Waals surface area contributed by atoms with Crippen molar-refractivity contribution in [2.75, 3.05) is 6.61 Å². The van der Waals surface area contributed by atoms with Gasteiger partial charge in [-0.1, -0.05) is 25.1 Å². The molecule has 0 aliphatic carbocycles. The van der Waals surface area contributed by atoms with Crippen LogP contribution in [0.5, 0.6) is 5.75 Å². The van der Waals surface area contributed by atoms with Gasteiger partial charge >= 0.3 is 5.97 Å². The van der Waals surface area contributed by atoms with Crippen molar-refractivity contribution in [2.45, 2.75) is 13.3 Å². The largest absolute Gasteiger partial charge is 0.481 e. The summed E-state index contributed by atoms with van der Waals surface area (Å²) in [6.07, 6.45) is 3.87. The van der Waals surface area contributed by atoms with Crippen molar-refractivity contribution in [3.05, 3.63) is 76.0 Å². The summed E-state index contributed by atoms with van der Waals surface area (Å²) in [5.41, 5.74) is 2.47. The number of aryl methyl sites for hydroxylation is 1. The fourth-order valence-corrected chi connectivity index (χ4v) is 3.07. The Morgan fingerprint density at radius 1 is 1.22 bits per heavy atom. The molecule has 0 atom stereocenters. The van der Waals surface area contributed by atoms with Gasteiger partial charge < -0.3 is 9.84 Å². The van der Waals surface area contributed by atoms with Crippen molar-refractivity contribution in [2.24, 2.45) is 0 Å². The summed E-state index contributed by atoms with van der Waals surface area (Å²) < 4.78 is 7.76. The van der Waals surface area contributed by atoms with E-state index in [1.54, 1.807) is 23.0 Å². The van der Waals surface area contributed by atoms with E-state index in [0.717, 1.165) is 22.1 Å². The number of carbonyl (C=O) groups is 2. The van der Waals surface area contributed by atoms with E-state index in [2.05, 4.69) is 21.0 Å². The van der Waals surface area contributed by atoms with Crippen molar-refractivity contribution in [1.82, 2.24) is 9.78 Å². The molecule has 0 fully saturated rings. The third-order valence-electron chi connectivity index (χ3n) is 3.99. The van der Waals surface area contributed by atoms with Crippen LogP contribution < -0.4 is 4.74 Å². The summed E-state index contributed by atoms with van der Waals surface area (Å²) in [5.74, 6) is -1.13. The predicted octanol–water partition coefficient (Wildman–Crippen LogP) is 3.89. The van der Waals surface area contributed by atoms with Crippen LogP contribution in [0.1, 0.15) is 28.4 Å². The Hall–Kier alpha value is -2.93. The summed E-state index contributed by atoms with van der Waals surface area (Å²) in [5, 5.41) is 13.1. The zero-order chi connectivity index (χ0) is 19.4. The summed E-state index contributed by atoms with van der Waals surface area (Å²) in [6.45, 7) is 1.47. The molecule has 0 spiro atoms. The first-order valence-corrected chi connectivity index (χ1v) is 9.10. The average molecular weight is 429 g/mol. The number of carboxylic acids is 1. The quantitative estimate of drug-likeness (QED) is 0.577. The molecule has 27 heavy (non-hydrogen) atoms. The molecule has 0 radical (unpaired) electrons. The lowest BCUT2D eigenvalue weighted by atomic mass is 10.0. The van der Waals surface area contributed by atoms with Crippen LogP contribution in [0.3, 0.4) is 0 Å². The van der Waals surface area contributed by atoms with Crippen LogP contribution in [0, 0.1) is 0 Å². The number of para-hydroxylation sites is 1. The Bertz CT molecular complexity index is 997. The third kappa shape index (κ3) is 4.25. The maximum absolute atomic E-state index is 13.0. The van der Waals surface area contributed by atoms with Crippen LogP contribution in [0.25, 0.3) is 5.69 Å². The maximum Gasteiger partial charge on any atom is 0.341 e.